The fourth-order valence-electron chi connectivity index (χ4n) is 4.12. The van der Waals surface area contributed by atoms with Gasteiger partial charge in [-0.25, -0.2) is 4.98 Å². The number of hydrogen-bond acceptors (Lipinski definition) is 6. The molecular formula is C23H25N3O3S. The van der Waals surface area contributed by atoms with Gasteiger partial charge in [-0.05, 0) is 43.7 Å². The molecule has 1 N–H and O–H groups in total. The Balaban J connectivity index is 1.13. The van der Waals surface area contributed by atoms with E-state index in [0.29, 0.717) is 25.6 Å². The van der Waals surface area contributed by atoms with E-state index in [1.807, 2.05) is 30.3 Å². The number of para-hydroxylation sites is 3. The van der Waals surface area contributed by atoms with Crippen molar-refractivity contribution in [2.45, 2.75) is 24.9 Å². The van der Waals surface area contributed by atoms with Crippen molar-refractivity contribution in [2.24, 2.45) is 0 Å². The lowest BCUT2D eigenvalue weighted by molar-refractivity contribution is -0.123. The predicted octanol–water partition coefficient (Wildman–Crippen LogP) is 3.43. The Morgan fingerprint density at radius 1 is 1.17 bits per heavy atom. The van der Waals surface area contributed by atoms with Gasteiger partial charge in [-0.3, -0.25) is 9.69 Å². The Morgan fingerprint density at radius 2 is 2.00 bits per heavy atom. The Bertz CT molecular complexity index is 1000. The van der Waals surface area contributed by atoms with Crippen LogP contribution in [0.15, 0.2) is 48.5 Å². The van der Waals surface area contributed by atoms with Crippen molar-refractivity contribution in [1.29, 1.82) is 0 Å². The largest absolute Gasteiger partial charge is 0.486 e. The summed E-state index contributed by atoms with van der Waals surface area (Å²) >= 11 is 1.78. The van der Waals surface area contributed by atoms with Crippen molar-refractivity contribution < 1.29 is 14.3 Å². The number of carbonyl (C=O) groups is 1. The molecule has 7 heteroatoms. The first kappa shape index (κ1) is 19.3. The molecule has 6 nitrogen and oxygen atoms in total. The van der Waals surface area contributed by atoms with Gasteiger partial charge in [0.05, 0.1) is 28.3 Å². The van der Waals surface area contributed by atoms with Crippen molar-refractivity contribution in [3.05, 3.63) is 53.5 Å². The van der Waals surface area contributed by atoms with Crippen LogP contribution in [0.25, 0.3) is 10.2 Å². The lowest BCUT2D eigenvalue weighted by Crippen LogP contribution is -2.46. The summed E-state index contributed by atoms with van der Waals surface area (Å²) in [6, 6.07) is 15.9. The topological polar surface area (TPSA) is 63.7 Å². The predicted molar refractivity (Wildman–Crippen MR) is 117 cm³/mol. The first-order chi connectivity index (χ1) is 14.7. The van der Waals surface area contributed by atoms with Crippen LogP contribution < -0.4 is 14.8 Å². The molecule has 156 valence electrons. The number of nitrogens with zero attached hydrogens (tertiary/aromatic N) is 2. The van der Waals surface area contributed by atoms with E-state index in [4.69, 9.17) is 14.5 Å². The second-order valence-corrected chi connectivity index (χ2v) is 8.96. The lowest BCUT2D eigenvalue weighted by atomic mass is 9.99. The number of carbonyl (C=O) groups excluding carboxylic acids is 1. The number of likely N-dealkylation sites (tertiary alicyclic amines) is 1. The van der Waals surface area contributed by atoms with Crippen LogP contribution in [0.4, 0.5) is 0 Å². The first-order valence-corrected chi connectivity index (χ1v) is 11.3. The minimum absolute atomic E-state index is 0.0300. The Hall–Kier alpha value is -2.64. The summed E-state index contributed by atoms with van der Waals surface area (Å²) in [7, 11) is 0. The zero-order valence-electron chi connectivity index (χ0n) is 16.8. The maximum Gasteiger partial charge on any atom is 0.234 e. The summed E-state index contributed by atoms with van der Waals surface area (Å²) in [5.41, 5.74) is 1.07. The molecule has 1 aromatic heterocycles. The van der Waals surface area contributed by atoms with Crippen LogP contribution in [0, 0.1) is 0 Å². The molecule has 0 spiro atoms. The zero-order chi connectivity index (χ0) is 20.3. The van der Waals surface area contributed by atoms with E-state index in [0.717, 1.165) is 42.9 Å². The van der Waals surface area contributed by atoms with E-state index in [-0.39, 0.29) is 12.0 Å². The fraction of sp³-hybridized carbons (Fsp3) is 0.391. The maximum atomic E-state index is 12.5. The van der Waals surface area contributed by atoms with Crippen molar-refractivity contribution >= 4 is 27.5 Å². The van der Waals surface area contributed by atoms with E-state index < -0.39 is 0 Å². The van der Waals surface area contributed by atoms with Crippen molar-refractivity contribution in [3.63, 3.8) is 0 Å². The summed E-state index contributed by atoms with van der Waals surface area (Å²) in [4.78, 5) is 19.6. The SMILES string of the molecule is O=C(CN1CCCC(c2nc3ccccc3s2)C1)NCC1COc2ccccc2O1. The van der Waals surface area contributed by atoms with Gasteiger partial charge in [-0.1, -0.05) is 24.3 Å². The van der Waals surface area contributed by atoms with Gasteiger partial charge in [0.25, 0.3) is 0 Å². The molecule has 2 unspecified atom stereocenters. The van der Waals surface area contributed by atoms with E-state index in [9.17, 15) is 4.79 Å². The van der Waals surface area contributed by atoms with E-state index in [2.05, 4.69) is 28.4 Å². The molecule has 2 aliphatic heterocycles. The van der Waals surface area contributed by atoms with Crippen LogP contribution in [-0.4, -0.2) is 54.7 Å². The smallest absolute Gasteiger partial charge is 0.234 e. The second-order valence-electron chi connectivity index (χ2n) is 7.90. The summed E-state index contributed by atoms with van der Waals surface area (Å²) in [5, 5.41) is 4.20. The molecule has 0 bridgehead atoms. The van der Waals surface area contributed by atoms with Crippen LogP contribution >= 0.6 is 11.3 Å². The molecule has 5 rings (SSSR count). The second kappa shape index (κ2) is 8.62. The zero-order valence-corrected chi connectivity index (χ0v) is 17.6. The minimum Gasteiger partial charge on any atom is -0.486 e. The molecule has 30 heavy (non-hydrogen) atoms. The third-order valence-corrected chi connectivity index (χ3v) is 6.83. The van der Waals surface area contributed by atoms with Crippen LogP contribution in [0.3, 0.4) is 0 Å². The van der Waals surface area contributed by atoms with Gasteiger partial charge in [-0.15, -0.1) is 11.3 Å². The Morgan fingerprint density at radius 3 is 2.90 bits per heavy atom. The molecule has 3 heterocycles. The molecule has 1 fully saturated rings. The highest BCUT2D eigenvalue weighted by atomic mass is 32.1. The molecule has 2 aliphatic rings. The number of piperidine rings is 1. The molecule has 1 amide bonds. The van der Waals surface area contributed by atoms with Crippen LogP contribution in [-0.2, 0) is 4.79 Å². The molecule has 2 atom stereocenters. The molecule has 3 aromatic rings. The van der Waals surface area contributed by atoms with Gasteiger partial charge in [-0.2, -0.15) is 0 Å². The van der Waals surface area contributed by atoms with Crippen LogP contribution in [0.2, 0.25) is 0 Å². The highest BCUT2D eigenvalue weighted by Crippen LogP contribution is 2.33. The molecule has 0 radical (unpaired) electrons. The monoisotopic (exact) mass is 423 g/mol. The van der Waals surface area contributed by atoms with E-state index in [1.54, 1.807) is 11.3 Å². The standard InChI is InChI=1S/C23H25N3O3S/c27-22(24-12-17-15-28-19-8-2-3-9-20(19)29-17)14-26-11-5-6-16(13-26)23-25-18-7-1-4-10-21(18)30-23/h1-4,7-10,16-17H,5-6,11-15H2,(H,24,27). The number of aromatic nitrogens is 1. The lowest BCUT2D eigenvalue weighted by Gasteiger charge is -2.31. The number of benzene rings is 2. The number of amides is 1. The summed E-state index contributed by atoms with van der Waals surface area (Å²) in [6.45, 7) is 3.13. The van der Waals surface area contributed by atoms with Gasteiger partial charge in [0.1, 0.15) is 12.7 Å². The third kappa shape index (κ3) is 4.27. The molecule has 0 saturated carbocycles. The van der Waals surface area contributed by atoms with Crippen LogP contribution in [0.5, 0.6) is 11.5 Å². The molecule has 1 saturated heterocycles. The number of fused-ring (bicyclic) bond motifs is 2. The normalized spacial score (nSPS) is 21.5. The van der Waals surface area contributed by atoms with Crippen molar-refractivity contribution in [3.8, 4) is 11.5 Å². The van der Waals surface area contributed by atoms with Gasteiger partial charge in [0.2, 0.25) is 5.91 Å². The summed E-state index contributed by atoms with van der Waals surface area (Å²) < 4.78 is 12.9. The summed E-state index contributed by atoms with van der Waals surface area (Å²) in [6.07, 6.45) is 2.05. The van der Waals surface area contributed by atoms with Crippen molar-refractivity contribution in [1.82, 2.24) is 15.2 Å². The van der Waals surface area contributed by atoms with E-state index in [1.165, 1.54) is 9.71 Å². The average molecular weight is 424 g/mol. The molecule has 2 aromatic carbocycles. The summed E-state index contributed by atoms with van der Waals surface area (Å²) in [5.74, 6) is 1.92. The van der Waals surface area contributed by atoms with Crippen molar-refractivity contribution in [2.75, 3.05) is 32.8 Å². The van der Waals surface area contributed by atoms with Crippen LogP contribution in [0.1, 0.15) is 23.8 Å². The van der Waals surface area contributed by atoms with Gasteiger partial charge in [0, 0.05) is 12.5 Å². The third-order valence-electron chi connectivity index (χ3n) is 5.63. The average Bonchev–Trinajstić information content (AvgIpc) is 3.22. The highest BCUT2D eigenvalue weighted by Gasteiger charge is 2.26. The van der Waals surface area contributed by atoms with Gasteiger partial charge < -0.3 is 14.8 Å². The quantitative estimate of drug-likeness (QED) is 0.681. The minimum atomic E-state index is -0.166. The molecule has 0 aliphatic carbocycles. The van der Waals surface area contributed by atoms with E-state index >= 15 is 0 Å². The fourth-order valence-corrected chi connectivity index (χ4v) is 5.21. The Kier molecular flexibility index (Phi) is 5.55. The van der Waals surface area contributed by atoms with Gasteiger partial charge in [0.15, 0.2) is 11.5 Å². The highest BCUT2D eigenvalue weighted by molar-refractivity contribution is 7.18. The number of hydrogen-bond donors (Lipinski definition) is 1. The number of rotatable bonds is 5. The Labute approximate surface area is 179 Å². The van der Waals surface area contributed by atoms with Gasteiger partial charge >= 0.3 is 0 Å². The number of thiazole rings is 1. The number of ether oxygens (including phenoxy) is 2. The number of nitrogens with one attached hydrogen (secondary N) is 1. The molecular weight excluding hydrogens is 398 g/mol. The first-order valence-electron chi connectivity index (χ1n) is 10.5. The maximum absolute atomic E-state index is 12.5.